The number of guanidine groups is 1. The number of aliphatic imine (C=N–C) groups is 1. The molecule has 0 heterocycles. The van der Waals surface area contributed by atoms with Gasteiger partial charge in [0.05, 0.1) is 5.75 Å². The first-order valence-electron chi connectivity index (χ1n) is 6.36. The highest BCUT2D eigenvalue weighted by atomic mass is 32.2. The van der Waals surface area contributed by atoms with Crippen molar-refractivity contribution in [2.24, 2.45) is 4.99 Å². The number of sulfonamides is 1. The summed E-state index contributed by atoms with van der Waals surface area (Å²) in [6.45, 7) is 5.60. The van der Waals surface area contributed by atoms with Crippen LogP contribution in [0.5, 0.6) is 0 Å². The maximum absolute atomic E-state index is 11.2. The third-order valence-electron chi connectivity index (χ3n) is 2.53. The molecule has 0 fully saturated rings. The number of unbranched alkanes of at least 4 members (excludes halogenated alkanes) is 1. The van der Waals surface area contributed by atoms with Crippen LogP contribution in [0.4, 0.5) is 0 Å². The van der Waals surface area contributed by atoms with E-state index in [-0.39, 0.29) is 5.75 Å². The van der Waals surface area contributed by atoms with Gasteiger partial charge in [-0.1, -0.05) is 13.3 Å². The van der Waals surface area contributed by atoms with Crippen LogP contribution in [-0.4, -0.2) is 58.8 Å². The monoisotopic (exact) mass is 278 g/mol. The van der Waals surface area contributed by atoms with Crippen LogP contribution in [0.3, 0.4) is 0 Å². The Morgan fingerprint density at radius 3 is 2.44 bits per heavy atom. The van der Waals surface area contributed by atoms with E-state index in [4.69, 9.17) is 0 Å². The molecule has 6 nitrogen and oxygen atoms in total. The predicted octanol–water partition coefficient (Wildman–Crippen LogP) is 0.233. The van der Waals surface area contributed by atoms with Gasteiger partial charge in [-0.15, -0.1) is 0 Å². The van der Waals surface area contributed by atoms with E-state index in [0.717, 1.165) is 25.3 Å². The van der Waals surface area contributed by atoms with Gasteiger partial charge in [0, 0.05) is 33.7 Å². The Labute approximate surface area is 111 Å². The lowest BCUT2D eigenvalue weighted by Gasteiger charge is -2.21. The van der Waals surface area contributed by atoms with E-state index in [1.54, 1.807) is 14.0 Å². The minimum absolute atomic E-state index is 0.109. The standard InChI is InChI=1S/C11H26N4O2S/c1-5-7-10-15(4)11(12-3)13-8-9-14-18(16,17)6-2/h14H,5-10H2,1-4H3,(H,12,13). The molecule has 0 aliphatic carbocycles. The van der Waals surface area contributed by atoms with Crippen molar-refractivity contribution < 1.29 is 8.42 Å². The summed E-state index contributed by atoms with van der Waals surface area (Å²) in [5, 5.41) is 3.12. The van der Waals surface area contributed by atoms with Crippen LogP contribution < -0.4 is 10.0 Å². The Balaban J connectivity index is 3.96. The van der Waals surface area contributed by atoms with Crippen molar-refractivity contribution in [3.63, 3.8) is 0 Å². The highest BCUT2D eigenvalue weighted by Crippen LogP contribution is 1.92. The Kier molecular flexibility index (Phi) is 8.74. The minimum atomic E-state index is -3.10. The lowest BCUT2D eigenvalue weighted by Crippen LogP contribution is -2.42. The maximum atomic E-state index is 11.2. The molecule has 0 spiro atoms. The molecule has 18 heavy (non-hydrogen) atoms. The zero-order valence-electron chi connectivity index (χ0n) is 11.9. The molecular formula is C11H26N4O2S. The van der Waals surface area contributed by atoms with Crippen molar-refractivity contribution in [2.45, 2.75) is 26.7 Å². The molecule has 108 valence electrons. The molecule has 0 aliphatic heterocycles. The molecular weight excluding hydrogens is 252 g/mol. The summed E-state index contributed by atoms with van der Waals surface area (Å²) < 4.78 is 24.9. The van der Waals surface area contributed by atoms with Crippen LogP contribution in [0.25, 0.3) is 0 Å². The second-order valence-corrected chi connectivity index (χ2v) is 6.14. The minimum Gasteiger partial charge on any atom is -0.355 e. The SMILES string of the molecule is CCCCN(C)C(=NC)NCCNS(=O)(=O)CC. The molecule has 0 radical (unpaired) electrons. The third kappa shape index (κ3) is 7.50. The van der Waals surface area contributed by atoms with Crippen molar-refractivity contribution in [1.29, 1.82) is 0 Å². The van der Waals surface area contributed by atoms with E-state index in [1.165, 1.54) is 0 Å². The number of hydrogen-bond acceptors (Lipinski definition) is 3. The zero-order chi connectivity index (χ0) is 14.0. The number of nitrogens with one attached hydrogen (secondary N) is 2. The molecule has 0 atom stereocenters. The molecule has 0 saturated heterocycles. The number of rotatable bonds is 8. The van der Waals surface area contributed by atoms with Gasteiger partial charge in [-0.05, 0) is 13.3 Å². The lowest BCUT2D eigenvalue weighted by atomic mass is 10.3. The van der Waals surface area contributed by atoms with Crippen LogP contribution in [0, 0.1) is 0 Å². The maximum Gasteiger partial charge on any atom is 0.211 e. The lowest BCUT2D eigenvalue weighted by molar-refractivity contribution is 0.465. The largest absolute Gasteiger partial charge is 0.355 e. The molecule has 0 aromatic rings. The van der Waals surface area contributed by atoms with Gasteiger partial charge in [0.2, 0.25) is 10.0 Å². The van der Waals surface area contributed by atoms with Crippen molar-refractivity contribution in [3.05, 3.63) is 0 Å². The van der Waals surface area contributed by atoms with Crippen molar-refractivity contribution in [1.82, 2.24) is 14.9 Å². The fraction of sp³-hybridized carbons (Fsp3) is 0.909. The summed E-state index contributed by atoms with van der Waals surface area (Å²) in [5.41, 5.74) is 0. The fourth-order valence-corrected chi connectivity index (χ4v) is 1.99. The molecule has 0 saturated carbocycles. The fourth-order valence-electron chi connectivity index (χ4n) is 1.37. The van der Waals surface area contributed by atoms with E-state index >= 15 is 0 Å². The van der Waals surface area contributed by atoms with E-state index in [9.17, 15) is 8.42 Å². The van der Waals surface area contributed by atoms with Gasteiger partial charge in [-0.3, -0.25) is 4.99 Å². The van der Waals surface area contributed by atoms with Gasteiger partial charge < -0.3 is 10.2 Å². The first kappa shape index (κ1) is 17.2. The average molecular weight is 278 g/mol. The van der Waals surface area contributed by atoms with Gasteiger partial charge >= 0.3 is 0 Å². The van der Waals surface area contributed by atoms with Crippen molar-refractivity contribution in [3.8, 4) is 0 Å². The van der Waals surface area contributed by atoms with E-state index in [0.29, 0.717) is 13.1 Å². The van der Waals surface area contributed by atoms with Crippen LogP contribution >= 0.6 is 0 Å². The smallest absolute Gasteiger partial charge is 0.211 e. The quantitative estimate of drug-likeness (QED) is 0.379. The Morgan fingerprint density at radius 1 is 1.28 bits per heavy atom. The molecule has 2 N–H and O–H groups in total. The molecule has 0 aromatic carbocycles. The second kappa shape index (κ2) is 9.16. The average Bonchev–Trinajstić information content (AvgIpc) is 2.36. The van der Waals surface area contributed by atoms with Crippen LogP contribution in [-0.2, 0) is 10.0 Å². The van der Waals surface area contributed by atoms with E-state index < -0.39 is 10.0 Å². The van der Waals surface area contributed by atoms with Gasteiger partial charge in [0.1, 0.15) is 0 Å². The topological polar surface area (TPSA) is 73.8 Å². The summed E-state index contributed by atoms with van der Waals surface area (Å²) >= 11 is 0. The van der Waals surface area contributed by atoms with E-state index in [1.807, 2.05) is 11.9 Å². The highest BCUT2D eigenvalue weighted by molar-refractivity contribution is 7.89. The Bertz CT molecular complexity index is 341. The van der Waals surface area contributed by atoms with E-state index in [2.05, 4.69) is 22.0 Å². The normalized spacial score (nSPS) is 12.6. The molecule has 0 unspecified atom stereocenters. The van der Waals surface area contributed by atoms with Crippen LogP contribution in [0.1, 0.15) is 26.7 Å². The molecule has 0 amide bonds. The summed E-state index contributed by atoms with van der Waals surface area (Å²) in [5.74, 6) is 0.900. The molecule has 0 aliphatic rings. The molecule has 0 aromatic heterocycles. The Hall–Kier alpha value is -0.820. The molecule has 7 heteroatoms. The van der Waals surface area contributed by atoms with Gasteiger partial charge in [0.25, 0.3) is 0 Å². The van der Waals surface area contributed by atoms with Gasteiger partial charge in [-0.25, -0.2) is 13.1 Å². The Morgan fingerprint density at radius 2 is 1.94 bits per heavy atom. The van der Waals surface area contributed by atoms with Crippen molar-refractivity contribution >= 4 is 16.0 Å². The summed E-state index contributed by atoms with van der Waals surface area (Å²) in [6, 6.07) is 0. The first-order valence-corrected chi connectivity index (χ1v) is 8.01. The first-order chi connectivity index (χ1) is 8.46. The van der Waals surface area contributed by atoms with Crippen molar-refractivity contribution in [2.75, 3.05) is 39.5 Å². The molecule has 0 bridgehead atoms. The van der Waals surface area contributed by atoms with Gasteiger partial charge in [-0.2, -0.15) is 0 Å². The number of nitrogens with zero attached hydrogens (tertiary/aromatic N) is 2. The predicted molar refractivity (Wildman–Crippen MR) is 76.4 cm³/mol. The van der Waals surface area contributed by atoms with Crippen LogP contribution in [0.2, 0.25) is 0 Å². The van der Waals surface area contributed by atoms with Gasteiger partial charge in [0.15, 0.2) is 5.96 Å². The summed E-state index contributed by atoms with van der Waals surface area (Å²) in [6.07, 6.45) is 2.25. The summed E-state index contributed by atoms with van der Waals surface area (Å²) in [4.78, 5) is 6.19. The second-order valence-electron chi connectivity index (χ2n) is 4.05. The zero-order valence-corrected chi connectivity index (χ0v) is 12.7. The molecule has 0 rings (SSSR count). The third-order valence-corrected chi connectivity index (χ3v) is 3.93. The summed E-state index contributed by atoms with van der Waals surface area (Å²) in [7, 11) is 0.595. The number of hydrogen-bond donors (Lipinski definition) is 2. The van der Waals surface area contributed by atoms with Crippen LogP contribution in [0.15, 0.2) is 4.99 Å². The highest BCUT2D eigenvalue weighted by Gasteiger charge is 2.06.